The summed E-state index contributed by atoms with van der Waals surface area (Å²) >= 11 is 0. The van der Waals surface area contributed by atoms with E-state index in [2.05, 4.69) is 24.1 Å². The maximum absolute atomic E-state index is 12.4. The third-order valence-corrected chi connectivity index (χ3v) is 4.61. The van der Waals surface area contributed by atoms with Crippen molar-refractivity contribution in [1.82, 2.24) is 9.80 Å². The molecular weight excluding hydrogens is 294 g/mol. The number of fused-ring (bicyclic) bond motifs is 1. The summed E-state index contributed by atoms with van der Waals surface area (Å²) < 4.78 is 11.0. The van der Waals surface area contributed by atoms with Crippen LogP contribution in [0, 0.1) is 0 Å². The number of carbonyl (C=O) groups excluding carboxylic acids is 1. The van der Waals surface area contributed by atoms with Gasteiger partial charge in [-0.2, -0.15) is 0 Å². The summed E-state index contributed by atoms with van der Waals surface area (Å²) in [6.45, 7) is 8.95. The number of rotatable bonds is 3. The molecule has 1 saturated heterocycles. The van der Waals surface area contributed by atoms with Crippen molar-refractivity contribution < 1.29 is 14.3 Å². The fourth-order valence-electron chi connectivity index (χ4n) is 2.95. The number of benzene rings is 1. The largest absolute Gasteiger partial charge is 0.486 e. The molecule has 3 rings (SSSR count). The molecule has 2 aliphatic heterocycles. The van der Waals surface area contributed by atoms with E-state index in [1.54, 1.807) is 0 Å². The maximum Gasteiger partial charge on any atom is 0.321 e. The van der Waals surface area contributed by atoms with Crippen molar-refractivity contribution in [3.05, 3.63) is 18.2 Å². The Labute approximate surface area is 137 Å². The zero-order valence-electron chi connectivity index (χ0n) is 13.9. The van der Waals surface area contributed by atoms with Crippen LogP contribution in [0.2, 0.25) is 0 Å². The molecule has 1 aromatic carbocycles. The van der Waals surface area contributed by atoms with Gasteiger partial charge in [-0.1, -0.05) is 6.92 Å². The Morgan fingerprint density at radius 3 is 2.57 bits per heavy atom. The van der Waals surface area contributed by atoms with E-state index in [1.165, 1.54) is 0 Å². The summed E-state index contributed by atoms with van der Waals surface area (Å²) in [5, 5.41) is 2.95. The van der Waals surface area contributed by atoms with E-state index < -0.39 is 0 Å². The lowest BCUT2D eigenvalue weighted by Gasteiger charge is -2.37. The van der Waals surface area contributed by atoms with E-state index in [9.17, 15) is 4.79 Å². The minimum atomic E-state index is -0.0505. The van der Waals surface area contributed by atoms with Crippen molar-refractivity contribution in [3.63, 3.8) is 0 Å². The predicted octanol–water partition coefficient (Wildman–Crippen LogP) is 2.41. The fraction of sp³-hybridized carbons (Fsp3) is 0.588. The van der Waals surface area contributed by atoms with Gasteiger partial charge in [-0.25, -0.2) is 4.79 Å². The number of hydrogen-bond donors (Lipinski definition) is 1. The Balaban J connectivity index is 1.55. The van der Waals surface area contributed by atoms with E-state index in [4.69, 9.17) is 9.47 Å². The number of piperazine rings is 1. The average Bonchev–Trinajstić information content (AvgIpc) is 2.61. The molecule has 6 heteroatoms. The van der Waals surface area contributed by atoms with Crippen LogP contribution in [0.1, 0.15) is 20.3 Å². The lowest BCUT2D eigenvalue weighted by Crippen LogP contribution is -2.52. The monoisotopic (exact) mass is 319 g/mol. The highest BCUT2D eigenvalue weighted by Crippen LogP contribution is 2.32. The summed E-state index contributed by atoms with van der Waals surface area (Å²) in [5.41, 5.74) is 0.739. The number of anilines is 1. The van der Waals surface area contributed by atoms with Crippen LogP contribution in [-0.2, 0) is 0 Å². The van der Waals surface area contributed by atoms with Crippen LogP contribution in [0.25, 0.3) is 0 Å². The number of nitrogens with zero attached hydrogens (tertiary/aromatic N) is 2. The second-order valence-corrected chi connectivity index (χ2v) is 6.07. The smallest absolute Gasteiger partial charge is 0.321 e. The summed E-state index contributed by atoms with van der Waals surface area (Å²) in [5.74, 6) is 1.42. The molecule has 126 valence electrons. The summed E-state index contributed by atoms with van der Waals surface area (Å²) in [6.07, 6.45) is 1.14. The van der Waals surface area contributed by atoms with Crippen molar-refractivity contribution in [1.29, 1.82) is 0 Å². The highest BCUT2D eigenvalue weighted by molar-refractivity contribution is 5.89. The minimum absolute atomic E-state index is 0.0505. The third kappa shape index (κ3) is 3.69. The minimum Gasteiger partial charge on any atom is -0.486 e. The van der Waals surface area contributed by atoms with Crippen LogP contribution in [-0.4, -0.2) is 61.3 Å². The molecule has 1 aromatic rings. The molecule has 0 spiro atoms. The van der Waals surface area contributed by atoms with Crippen molar-refractivity contribution in [2.24, 2.45) is 0 Å². The second kappa shape index (κ2) is 7.08. The second-order valence-electron chi connectivity index (χ2n) is 6.07. The first-order valence-electron chi connectivity index (χ1n) is 8.37. The third-order valence-electron chi connectivity index (χ3n) is 4.61. The van der Waals surface area contributed by atoms with Gasteiger partial charge in [0.25, 0.3) is 0 Å². The summed E-state index contributed by atoms with van der Waals surface area (Å²) in [6, 6.07) is 6.04. The van der Waals surface area contributed by atoms with Gasteiger partial charge in [-0.05, 0) is 25.5 Å². The van der Waals surface area contributed by atoms with Gasteiger partial charge in [0.15, 0.2) is 11.5 Å². The van der Waals surface area contributed by atoms with Crippen LogP contribution >= 0.6 is 0 Å². The zero-order chi connectivity index (χ0) is 16.2. The summed E-state index contributed by atoms with van der Waals surface area (Å²) in [4.78, 5) is 16.7. The Kier molecular flexibility index (Phi) is 4.91. The molecule has 1 fully saturated rings. The lowest BCUT2D eigenvalue weighted by atomic mass is 10.2. The molecule has 23 heavy (non-hydrogen) atoms. The number of hydrogen-bond acceptors (Lipinski definition) is 4. The molecular formula is C17H25N3O3. The van der Waals surface area contributed by atoms with E-state index >= 15 is 0 Å². The molecule has 1 N–H and O–H groups in total. The Bertz CT molecular complexity index is 556. The number of nitrogens with one attached hydrogen (secondary N) is 1. The highest BCUT2D eigenvalue weighted by Gasteiger charge is 2.23. The first kappa shape index (κ1) is 15.9. The molecule has 1 atom stereocenters. The van der Waals surface area contributed by atoms with Gasteiger partial charge in [-0.15, -0.1) is 0 Å². The van der Waals surface area contributed by atoms with E-state index in [0.717, 1.165) is 44.0 Å². The zero-order valence-corrected chi connectivity index (χ0v) is 13.9. The molecule has 1 unspecified atom stereocenters. The van der Waals surface area contributed by atoms with Crippen molar-refractivity contribution in [2.75, 3.05) is 44.7 Å². The molecule has 2 heterocycles. The fourth-order valence-corrected chi connectivity index (χ4v) is 2.95. The quantitative estimate of drug-likeness (QED) is 0.929. The lowest BCUT2D eigenvalue weighted by molar-refractivity contribution is 0.117. The maximum atomic E-state index is 12.4. The molecule has 0 saturated carbocycles. The SMILES string of the molecule is CCC(C)N1CCN(C(=O)Nc2ccc3c(c2)OCCO3)CC1. The van der Waals surface area contributed by atoms with Crippen LogP contribution in [0.15, 0.2) is 18.2 Å². The molecule has 2 amide bonds. The van der Waals surface area contributed by atoms with Crippen LogP contribution in [0.5, 0.6) is 11.5 Å². The van der Waals surface area contributed by atoms with E-state index in [-0.39, 0.29) is 6.03 Å². The highest BCUT2D eigenvalue weighted by atomic mass is 16.6. The summed E-state index contributed by atoms with van der Waals surface area (Å²) in [7, 11) is 0. The number of urea groups is 1. The molecule has 6 nitrogen and oxygen atoms in total. The van der Waals surface area contributed by atoms with Crippen molar-refractivity contribution in [3.8, 4) is 11.5 Å². The first-order chi connectivity index (χ1) is 11.2. The predicted molar refractivity (Wildman–Crippen MR) is 89.3 cm³/mol. The molecule has 0 bridgehead atoms. The van der Waals surface area contributed by atoms with E-state index in [0.29, 0.717) is 25.0 Å². The van der Waals surface area contributed by atoms with Crippen molar-refractivity contribution >= 4 is 11.7 Å². The van der Waals surface area contributed by atoms with Gasteiger partial charge in [0.05, 0.1) is 0 Å². The Morgan fingerprint density at radius 1 is 1.17 bits per heavy atom. The van der Waals surface area contributed by atoms with Crippen LogP contribution in [0.4, 0.5) is 10.5 Å². The molecule has 0 aliphatic carbocycles. The number of ether oxygens (including phenoxy) is 2. The Morgan fingerprint density at radius 2 is 1.87 bits per heavy atom. The van der Waals surface area contributed by atoms with Gasteiger partial charge in [0.2, 0.25) is 0 Å². The molecule has 2 aliphatic rings. The van der Waals surface area contributed by atoms with Crippen LogP contribution in [0.3, 0.4) is 0 Å². The van der Waals surface area contributed by atoms with Gasteiger partial charge in [-0.3, -0.25) is 4.90 Å². The van der Waals surface area contributed by atoms with Crippen molar-refractivity contribution in [2.45, 2.75) is 26.3 Å². The average molecular weight is 319 g/mol. The van der Waals surface area contributed by atoms with E-state index in [1.807, 2.05) is 23.1 Å². The first-order valence-corrected chi connectivity index (χ1v) is 8.37. The van der Waals surface area contributed by atoms with Crippen LogP contribution < -0.4 is 14.8 Å². The topological polar surface area (TPSA) is 54.0 Å². The number of amides is 2. The molecule has 0 aromatic heterocycles. The van der Waals surface area contributed by atoms with Gasteiger partial charge in [0.1, 0.15) is 13.2 Å². The molecule has 0 radical (unpaired) electrons. The van der Waals surface area contributed by atoms with Gasteiger partial charge < -0.3 is 19.7 Å². The van der Waals surface area contributed by atoms with Gasteiger partial charge >= 0.3 is 6.03 Å². The van der Waals surface area contributed by atoms with Gasteiger partial charge in [0, 0.05) is 44.0 Å². The standard InChI is InChI=1S/C17H25N3O3/c1-3-13(2)19-6-8-20(9-7-19)17(21)18-14-4-5-15-16(12-14)23-11-10-22-15/h4-5,12-13H,3,6-11H2,1-2H3,(H,18,21). The normalized spacial score (nSPS) is 19.3. The number of carbonyl (C=O) groups is 1. The Hall–Kier alpha value is -1.95.